The molecule has 0 saturated carbocycles. The topological polar surface area (TPSA) is 51.6 Å². The van der Waals surface area contributed by atoms with E-state index in [1.54, 1.807) is 24.8 Å². The van der Waals surface area contributed by atoms with Gasteiger partial charge in [-0.3, -0.25) is 9.97 Å². The van der Waals surface area contributed by atoms with E-state index in [0.717, 1.165) is 40.7 Å². The van der Waals surface area contributed by atoms with Gasteiger partial charge in [-0.05, 0) is 84.2 Å². The minimum Gasteiger partial charge on any atom is -0.253 e. The first-order valence-corrected chi connectivity index (χ1v) is 11.2. The highest BCUT2D eigenvalue weighted by Crippen LogP contribution is 2.19. The quantitative estimate of drug-likeness (QED) is 0.233. The molecule has 0 unspecified atom stereocenters. The smallest absolute Gasteiger partial charge is 0.159 e. The van der Waals surface area contributed by atoms with Crippen LogP contribution in [0.4, 0.5) is 0 Å². The number of halogens is 4. The van der Waals surface area contributed by atoms with Crippen LogP contribution in [0, 0.1) is 0 Å². The van der Waals surface area contributed by atoms with Gasteiger partial charge in [-0.15, -0.1) is 0 Å². The molecule has 0 saturated heterocycles. The molecule has 0 aliphatic carbocycles. The van der Waals surface area contributed by atoms with Crippen LogP contribution in [0.2, 0.25) is 0 Å². The summed E-state index contributed by atoms with van der Waals surface area (Å²) in [7, 11) is 0. The van der Waals surface area contributed by atoms with Gasteiger partial charge in [0.05, 0.1) is 15.9 Å². The Hall–Kier alpha value is -1.48. The zero-order chi connectivity index (χ0) is 19.9. The number of pyridine rings is 2. The minimum absolute atomic E-state index is 0.737. The molecule has 0 amide bonds. The molecule has 0 N–H and O–H groups in total. The van der Waals surface area contributed by atoms with Crippen molar-refractivity contribution in [3.05, 3.63) is 91.2 Å². The van der Waals surface area contributed by atoms with E-state index < -0.39 is 0 Å². The first kappa shape index (κ1) is 21.2. The van der Waals surface area contributed by atoms with Crippen molar-refractivity contribution in [2.45, 2.75) is 0 Å². The Morgan fingerprint density at radius 3 is 1.29 bits per heavy atom. The Morgan fingerprint density at radius 1 is 0.429 bits per heavy atom. The largest absolute Gasteiger partial charge is 0.253 e. The highest BCUT2D eigenvalue weighted by Gasteiger charge is 2.00. The monoisotopic (exact) mass is 624 g/mol. The van der Waals surface area contributed by atoms with E-state index >= 15 is 0 Å². The summed E-state index contributed by atoms with van der Waals surface area (Å²) in [5, 5.41) is 0. The third-order valence-electron chi connectivity index (χ3n) is 3.44. The number of rotatable bonds is 2. The molecule has 140 valence electrons. The molecule has 0 atom stereocenters. The fourth-order valence-corrected chi connectivity index (χ4v) is 3.05. The number of hydrogen-bond donors (Lipinski definition) is 0. The summed E-state index contributed by atoms with van der Waals surface area (Å²) in [4.78, 5) is 16.9. The molecular weight excluding hydrogens is 616 g/mol. The lowest BCUT2D eigenvalue weighted by atomic mass is 10.2. The molecule has 0 bridgehead atoms. The van der Waals surface area contributed by atoms with Crippen LogP contribution in [-0.4, -0.2) is 19.9 Å². The molecule has 1 aromatic carbocycles. The third-order valence-corrected chi connectivity index (χ3v) is 5.32. The summed E-state index contributed by atoms with van der Waals surface area (Å²) in [6.45, 7) is 0. The van der Waals surface area contributed by atoms with E-state index in [9.17, 15) is 0 Å². The van der Waals surface area contributed by atoms with Crippen molar-refractivity contribution in [1.29, 1.82) is 0 Å². The summed E-state index contributed by atoms with van der Waals surface area (Å²) in [6.07, 6.45) is 7.01. The molecule has 0 fully saturated rings. The average molecular weight is 628 g/mol. The Kier molecular flexibility index (Phi) is 7.84. The molecule has 0 spiro atoms. The van der Waals surface area contributed by atoms with Crippen LogP contribution in [-0.2, 0) is 0 Å². The molecule has 0 aliphatic heterocycles. The molecule has 0 radical (unpaired) electrons. The Balaban J connectivity index is 0.000000161. The average Bonchev–Trinajstić information content (AvgIpc) is 2.71. The lowest BCUT2D eigenvalue weighted by molar-refractivity contribution is 1.16. The normalized spacial score (nSPS) is 10.1. The highest BCUT2D eigenvalue weighted by molar-refractivity contribution is 9.11. The Morgan fingerprint density at radius 2 is 0.857 bits per heavy atom. The molecule has 3 heterocycles. The minimum atomic E-state index is 0.737. The molecular formula is C20H12Br4N4. The van der Waals surface area contributed by atoms with E-state index in [1.165, 1.54) is 0 Å². The second kappa shape index (κ2) is 10.3. The van der Waals surface area contributed by atoms with Crippen molar-refractivity contribution in [2.75, 3.05) is 0 Å². The second-order valence-electron chi connectivity index (χ2n) is 5.46. The molecule has 4 rings (SSSR count). The molecule has 28 heavy (non-hydrogen) atoms. The summed E-state index contributed by atoms with van der Waals surface area (Å²) >= 11 is 13.4. The summed E-state index contributed by atoms with van der Waals surface area (Å²) in [6, 6.07) is 15.7. The number of hydrogen-bond acceptors (Lipinski definition) is 4. The zero-order valence-corrected chi connectivity index (χ0v) is 20.6. The van der Waals surface area contributed by atoms with Crippen molar-refractivity contribution in [3.8, 4) is 22.8 Å². The van der Waals surface area contributed by atoms with Crippen LogP contribution >= 0.6 is 63.7 Å². The van der Waals surface area contributed by atoms with Crippen LogP contribution in [0.3, 0.4) is 0 Å². The molecule has 4 aromatic rings. The van der Waals surface area contributed by atoms with Gasteiger partial charge in [0.2, 0.25) is 0 Å². The highest BCUT2D eigenvalue weighted by atomic mass is 79.9. The molecule has 8 heteroatoms. The molecule has 0 aliphatic rings. The number of nitrogens with zero attached hydrogens (tertiary/aromatic N) is 4. The maximum Gasteiger partial charge on any atom is 0.159 e. The predicted octanol–water partition coefficient (Wildman–Crippen LogP) is 7.34. The van der Waals surface area contributed by atoms with Crippen molar-refractivity contribution < 1.29 is 0 Å². The summed E-state index contributed by atoms with van der Waals surface area (Å²) in [5.74, 6) is 0.737. The predicted molar refractivity (Wildman–Crippen MR) is 126 cm³/mol. The van der Waals surface area contributed by atoms with Crippen molar-refractivity contribution >= 4 is 63.7 Å². The first-order chi connectivity index (χ1) is 13.5. The molecule has 3 aromatic heterocycles. The number of aromatic nitrogens is 4. The van der Waals surface area contributed by atoms with Gasteiger partial charge in [-0.25, -0.2) is 9.97 Å². The van der Waals surface area contributed by atoms with Gasteiger partial charge < -0.3 is 0 Å². The van der Waals surface area contributed by atoms with Gasteiger partial charge in [0.15, 0.2) is 5.82 Å². The van der Waals surface area contributed by atoms with Gasteiger partial charge in [0, 0.05) is 43.8 Å². The maximum absolute atomic E-state index is 4.25. The van der Waals surface area contributed by atoms with Gasteiger partial charge in [-0.1, -0.05) is 28.1 Å². The summed E-state index contributed by atoms with van der Waals surface area (Å²) in [5.41, 5.74) is 2.77. The van der Waals surface area contributed by atoms with Crippen LogP contribution in [0.15, 0.2) is 91.2 Å². The van der Waals surface area contributed by atoms with Crippen LogP contribution < -0.4 is 0 Å². The van der Waals surface area contributed by atoms with Gasteiger partial charge in [0.25, 0.3) is 0 Å². The van der Waals surface area contributed by atoms with E-state index in [1.807, 2.05) is 48.5 Å². The fraction of sp³-hybridized carbons (Fsp3) is 0. The maximum atomic E-state index is 4.25. The lowest BCUT2D eigenvalue weighted by Crippen LogP contribution is -1.86. The van der Waals surface area contributed by atoms with Crippen LogP contribution in [0.1, 0.15) is 0 Å². The number of benzene rings is 1. The Labute approximate surface area is 196 Å². The van der Waals surface area contributed by atoms with Crippen LogP contribution in [0.25, 0.3) is 22.8 Å². The van der Waals surface area contributed by atoms with Crippen molar-refractivity contribution in [2.24, 2.45) is 0 Å². The zero-order valence-electron chi connectivity index (χ0n) is 14.2. The Bertz CT molecular complexity index is 846. The van der Waals surface area contributed by atoms with E-state index in [0.29, 0.717) is 0 Å². The van der Waals surface area contributed by atoms with Crippen molar-refractivity contribution in [3.63, 3.8) is 0 Å². The van der Waals surface area contributed by atoms with E-state index in [2.05, 4.69) is 83.7 Å². The third kappa shape index (κ3) is 6.27. The second-order valence-corrected chi connectivity index (χ2v) is 9.12. The van der Waals surface area contributed by atoms with E-state index in [-0.39, 0.29) is 0 Å². The standard InChI is InChI=1S/2C10H6Br2N2/c11-7-1-3-9(13-5-7)10-4-2-8(12)6-14-10;11-8-3-1-7(2-4-8)10-13-5-9(12)6-14-10/h2*1-6H. The van der Waals surface area contributed by atoms with Gasteiger partial charge >= 0.3 is 0 Å². The van der Waals surface area contributed by atoms with Gasteiger partial charge in [0.1, 0.15) is 0 Å². The SMILES string of the molecule is Brc1ccc(-c2ccc(Br)cn2)nc1.Brc1ccc(-c2ncc(Br)cn2)cc1. The summed E-state index contributed by atoms with van der Waals surface area (Å²) < 4.78 is 3.88. The lowest BCUT2D eigenvalue weighted by Gasteiger charge is -1.99. The molecule has 4 nitrogen and oxygen atoms in total. The van der Waals surface area contributed by atoms with Gasteiger partial charge in [-0.2, -0.15) is 0 Å². The first-order valence-electron chi connectivity index (χ1n) is 7.98. The van der Waals surface area contributed by atoms with E-state index in [4.69, 9.17) is 0 Å². The van der Waals surface area contributed by atoms with Crippen LogP contribution in [0.5, 0.6) is 0 Å². The fourth-order valence-electron chi connectivity index (χ4n) is 2.11. The van der Waals surface area contributed by atoms with Crippen molar-refractivity contribution in [1.82, 2.24) is 19.9 Å².